The lowest BCUT2D eigenvalue weighted by Crippen LogP contribution is -2.30. The monoisotopic (exact) mass is 659 g/mol. The van der Waals surface area contributed by atoms with Gasteiger partial charge in [0.25, 0.3) is 11.8 Å². The third-order valence-corrected chi connectivity index (χ3v) is 9.55. The Morgan fingerprint density at radius 3 is 2.47 bits per heavy atom. The second kappa shape index (κ2) is 15.1. The van der Waals surface area contributed by atoms with Crippen molar-refractivity contribution in [1.29, 1.82) is 0 Å². The van der Waals surface area contributed by atoms with E-state index >= 15 is 0 Å². The number of esters is 1. The summed E-state index contributed by atoms with van der Waals surface area (Å²) in [6.45, 7) is 0. The molecule has 0 spiro atoms. The molecule has 0 bridgehead atoms. The van der Waals surface area contributed by atoms with E-state index in [1.54, 1.807) is 72.8 Å². The minimum absolute atomic E-state index is 0.00874. The van der Waals surface area contributed by atoms with Gasteiger partial charge >= 0.3 is 5.97 Å². The van der Waals surface area contributed by atoms with E-state index in [0.29, 0.717) is 32.4 Å². The Morgan fingerprint density at radius 2 is 1.69 bits per heavy atom. The summed E-state index contributed by atoms with van der Waals surface area (Å²) >= 11 is 9.06. The van der Waals surface area contributed by atoms with Gasteiger partial charge in [0.15, 0.2) is 0 Å². The maximum absolute atomic E-state index is 13.4. The summed E-state index contributed by atoms with van der Waals surface area (Å²) in [5.74, 6) is -1.60. The number of hydrogen-bond donors (Lipinski definition) is 3. The van der Waals surface area contributed by atoms with Gasteiger partial charge in [-0.05, 0) is 79.3 Å². The van der Waals surface area contributed by atoms with Crippen molar-refractivity contribution >= 4 is 75.2 Å². The molecule has 8 nitrogen and oxygen atoms in total. The second-order valence-corrected chi connectivity index (χ2v) is 12.7. The van der Waals surface area contributed by atoms with Gasteiger partial charge in [0.1, 0.15) is 10.7 Å². The Morgan fingerprint density at radius 1 is 0.933 bits per heavy atom. The van der Waals surface area contributed by atoms with Crippen molar-refractivity contribution in [2.75, 3.05) is 23.5 Å². The van der Waals surface area contributed by atoms with Crippen molar-refractivity contribution < 1.29 is 23.9 Å². The van der Waals surface area contributed by atoms with Crippen molar-refractivity contribution in [3.8, 4) is 0 Å². The lowest BCUT2D eigenvalue weighted by molar-refractivity contribution is -0.114. The summed E-state index contributed by atoms with van der Waals surface area (Å²) < 4.78 is 5.00. The van der Waals surface area contributed by atoms with Crippen LogP contribution in [0.4, 0.5) is 10.7 Å². The highest BCUT2D eigenvalue weighted by Crippen LogP contribution is 2.38. The first-order valence-electron chi connectivity index (χ1n) is 14.2. The molecule has 3 N–H and O–H groups in total. The number of halogens is 1. The molecule has 0 fully saturated rings. The first kappa shape index (κ1) is 32.0. The van der Waals surface area contributed by atoms with E-state index in [-0.39, 0.29) is 17.4 Å². The fourth-order valence-corrected chi connectivity index (χ4v) is 7.07. The average molecular weight is 660 g/mol. The Kier molecular flexibility index (Phi) is 10.7. The number of aryl methyl sites for hydroxylation is 1. The van der Waals surface area contributed by atoms with Gasteiger partial charge in [-0.25, -0.2) is 4.79 Å². The standard InChI is InChI=1S/C34H30ClN3O5S2/c1-43-34(42)30-25-15-6-8-17-28(25)45-33(30)38-29(39)20-44-24-14-9-13-23(19-24)36-32(41)27(18-22-12-5-7-16-26(22)35)37-31(40)21-10-3-2-4-11-21/h2-5,7,9-14,16,18-19H,6,8,15,17,20H2,1H3,(H,36,41)(H,37,40)(H,38,39)/b27-18+. The quantitative estimate of drug-likeness (QED) is 0.0942. The molecular formula is C34H30ClN3O5S2. The number of carbonyl (C=O) groups excluding carboxylic acids is 4. The van der Waals surface area contributed by atoms with Crippen LogP contribution in [0.2, 0.25) is 5.02 Å². The van der Waals surface area contributed by atoms with Crippen LogP contribution in [0.5, 0.6) is 0 Å². The van der Waals surface area contributed by atoms with Crippen LogP contribution in [-0.4, -0.2) is 36.6 Å². The van der Waals surface area contributed by atoms with Crippen molar-refractivity contribution in [3.63, 3.8) is 0 Å². The molecule has 0 atom stereocenters. The van der Waals surface area contributed by atoms with Crippen LogP contribution >= 0.6 is 34.7 Å². The summed E-state index contributed by atoms with van der Waals surface area (Å²) in [5.41, 5.74) is 2.88. The van der Waals surface area contributed by atoms with Gasteiger partial charge < -0.3 is 20.7 Å². The van der Waals surface area contributed by atoms with E-state index in [2.05, 4.69) is 16.0 Å². The molecule has 11 heteroatoms. The fourth-order valence-electron chi connectivity index (χ4n) is 4.84. The molecule has 4 aromatic rings. The second-order valence-electron chi connectivity index (χ2n) is 10.1. The van der Waals surface area contributed by atoms with Crippen LogP contribution in [0.3, 0.4) is 0 Å². The Bertz CT molecular complexity index is 1770. The molecule has 0 unspecified atom stereocenters. The first-order valence-corrected chi connectivity index (χ1v) is 16.4. The summed E-state index contributed by atoms with van der Waals surface area (Å²) in [7, 11) is 1.34. The molecule has 1 aromatic heterocycles. The first-order chi connectivity index (χ1) is 21.8. The van der Waals surface area contributed by atoms with E-state index in [4.69, 9.17) is 16.3 Å². The van der Waals surface area contributed by atoms with Crippen LogP contribution in [0.15, 0.2) is 89.5 Å². The number of ether oxygens (including phenoxy) is 1. The summed E-state index contributed by atoms with van der Waals surface area (Å²) in [4.78, 5) is 53.7. The number of carbonyl (C=O) groups is 4. The molecule has 1 aliphatic carbocycles. The van der Waals surface area contributed by atoms with Gasteiger partial charge in [-0.3, -0.25) is 14.4 Å². The Balaban J connectivity index is 1.27. The molecular weight excluding hydrogens is 630 g/mol. The van der Waals surface area contributed by atoms with E-state index < -0.39 is 17.8 Å². The number of amides is 3. The summed E-state index contributed by atoms with van der Waals surface area (Å²) in [5, 5.41) is 9.39. The highest BCUT2D eigenvalue weighted by Gasteiger charge is 2.27. The molecule has 1 aliphatic rings. The molecule has 5 rings (SSSR count). The summed E-state index contributed by atoms with van der Waals surface area (Å²) in [6, 6.07) is 22.6. The van der Waals surface area contributed by atoms with Crippen molar-refractivity contribution in [2.45, 2.75) is 30.6 Å². The number of nitrogens with one attached hydrogen (secondary N) is 3. The number of anilines is 2. The number of methoxy groups -OCH3 is 1. The Hall–Kier alpha value is -4.38. The average Bonchev–Trinajstić information content (AvgIpc) is 3.42. The Labute approximate surface area is 274 Å². The van der Waals surface area contributed by atoms with Crippen LogP contribution in [0.25, 0.3) is 6.08 Å². The van der Waals surface area contributed by atoms with E-state index in [1.807, 2.05) is 6.07 Å². The predicted octanol–water partition coefficient (Wildman–Crippen LogP) is 7.21. The van der Waals surface area contributed by atoms with Gasteiger partial charge in [0, 0.05) is 26.0 Å². The lowest BCUT2D eigenvalue weighted by Gasteiger charge is -2.13. The minimum atomic E-state index is -0.545. The molecule has 0 saturated heterocycles. The topological polar surface area (TPSA) is 114 Å². The number of benzene rings is 3. The smallest absolute Gasteiger partial charge is 0.341 e. The van der Waals surface area contributed by atoms with Crippen LogP contribution in [0, 0.1) is 0 Å². The van der Waals surface area contributed by atoms with Crippen molar-refractivity contribution in [1.82, 2.24) is 5.32 Å². The van der Waals surface area contributed by atoms with Gasteiger partial charge in [0.05, 0.1) is 18.4 Å². The number of thiophene rings is 1. The van der Waals surface area contributed by atoms with E-state index in [1.165, 1.54) is 36.3 Å². The van der Waals surface area contributed by atoms with Crippen molar-refractivity contribution in [3.05, 3.63) is 117 Å². The molecule has 1 heterocycles. The van der Waals surface area contributed by atoms with Gasteiger partial charge in [-0.1, -0.05) is 54.1 Å². The van der Waals surface area contributed by atoms with E-state index in [9.17, 15) is 19.2 Å². The predicted molar refractivity (Wildman–Crippen MR) is 180 cm³/mol. The zero-order valence-electron chi connectivity index (χ0n) is 24.4. The van der Waals surface area contributed by atoms with E-state index in [0.717, 1.165) is 41.0 Å². The molecule has 0 radical (unpaired) electrons. The highest BCUT2D eigenvalue weighted by molar-refractivity contribution is 8.00. The summed E-state index contributed by atoms with van der Waals surface area (Å²) in [6.07, 6.45) is 5.26. The molecule has 45 heavy (non-hydrogen) atoms. The third kappa shape index (κ3) is 8.21. The molecule has 0 saturated carbocycles. The van der Waals surface area contributed by atoms with Crippen LogP contribution in [0.1, 0.15) is 49.6 Å². The maximum Gasteiger partial charge on any atom is 0.341 e. The molecule has 0 aliphatic heterocycles. The van der Waals surface area contributed by atoms with Crippen LogP contribution < -0.4 is 16.0 Å². The normalized spacial score (nSPS) is 12.5. The third-order valence-electron chi connectivity index (χ3n) is 7.01. The fraction of sp³-hybridized carbons (Fsp3) is 0.176. The van der Waals surface area contributed by atoms with Gasteiger partial charge in [-0.2, -0.15) is 0 Å². The molecule has 230 valence electrons. The zero-order chi connectivity index (χ0) is 31.8. The van der Waals surface area contributed by atoms with Gasteiger partial charge in [0.2, 0.25) is 5.91 Å². The number of rotatable bonds is 10. The molecule has 3 amide bonds. The number of hydrogen-bond acceptors (Lipinski definition) is 7. The largest absolute Gasteiger partial charge is 0.465 e. The SMILES string of the molecule is COC(=O)c1c(NC(=O)CSc2cccc(NC(=O)/C(=C\c3ccccc3Cl)NC(=O)c3ccccc3)c2)sc2c1CCCC2. The van der Waals surface area contributed by atoms with Crippen molar-refractivity contribution in [2.24, 2.45) is 0 Å². The van der Waals surface area contributed by atoms with Gasteiger partial charge in [-0.15, -0.1) is 23.1 Å². The molecule has 3 aromatic carbocycles. The maximum atomic E-state index is 13.4. The number of thioether (sulfide) groups is 1. The highest BCUT2D eigenvalue weighted by atomic mass is 35.5. The number of fused-ring (bicyclic) bond motifs is 1. The zero-order valence-corrected chi connectivity index (χ0v) is 26.7. The minimum Gasteiger partial charge on any atom is -0.465 e. The lowest BCUT2D eigenvalue weighted by atomic mass is 9.95. The van der Waals surface area contributed by atoms with Crippen LogP contribution in [-0.2, 0) is 27.2 Å².